The van der Waals surface area contributed by atoms with Crippen LogP contribution in [0.2, 0.25) is 0 Å². The highest BCUT2D eigenvalue weighted by molar-refractivity contribution is 5.85. The normalized spacial score (nSPS) is 14.2. The molecule has 0 radical (unpaired) electrons. The zero-order valence-electron chi connectivity index (χ0n) is 13.8. The van der Waals surface area contributed by atoms with Crippen LogP contribution in [0.15, 0.2) is 12.3 Å². The quantitative estimate of drug-likeness (QED) is 0.877. The summed E-state index contributed by atoms with van der Waals surface area (Å²) in [5.41, 5.74) is 3.70. The van der Waals surface area contributed by atoms with Crippen LogP contribution in [-0.2, 0) is 13.1 Å². The molecule has 0 spiro atoms. The molecule has 2 aromatic heterocycles. The number of rotatable bonds is 6. The van der Waals surface area contributed by atoms with Gasteiger partial charge in [-0.3, -0.25) is 9.36 Å². The summed E-state index contributed by atoms with van der Waals surface area (Å²) in [4.78, 5) is 0. The van der Waals surface area contributed by atoms with E-state index < -0.39 is 0 Å². The van der Waals surface area contributed by atoms with Crippen molar-refractivity contribution < 1.29 is 0 Å². The van der Waals surface area contributed by atoms with Gasteiger partial charge in [0.1, 0.15) is 0 Å². The third-order valence-corrected chi connectivity index (χ3v) is 4.02. The molecule has 6 heteroatoms. The predicted molar refractivity (Wildman–Crippen MR) is 91.8 cm³/mol. The molecule has 2 heterocycles. The average Bonchev–Trinajstić information content (AvgIpc) is 3.11. The SMILES string of the molecule is CCn1cc(C)c(NCc2cc(C3CC3)nn2C(C)C)n1.Cl. The number of aromatic nitrogens is 4. The number of anilines is 1. The average molecular weight is 324 g/mol. The minimum Gasteiger partial charge on any atom is -0.363 e. The van der Waals surface area contributed by atoms with Gasteiger partial charge in [0, 0.05) is 30.3 Å². The number of nitrogens with one attached hydrogen (secondary N) is 1. The molecule has 0 amide bonds. The van der Waals surface area contributed by atoms with Crippen LogP contribution in [-0.4, -0.2) is 19.6 Å². The first-order valence-electron chi connectivity index (χ1n) is 7.94. The van der Waals surface area contributed by atoms with Gasteiger partial charge >= 0.3 is 0 Å². The molecule has 2 aromatic rings. The van der Waals surface area contributed by atoms with E-state index in [0.717, 1.165) is 18.9 Å². The highest BCUT2D eigenvalue weighted by Gasteiger charge is 2.27. The Bertz CT molecular complexity index is 625. The second-order valence-electron chi connectivity index (χ2n) is 6.24. The number of nitrogens with zero attached hydrogens (tertiary/aromatic N) is 4. The first-order chi connectivity index (χ1) is 10.1. The first kappa shape index (κ1) is 16.9. The number of halogens is 1. The van der Waals surface area contributed by atoms with Gasteiger partial charge in [-0.05, 0) is 46.6 Å². The molecule has 1 aliphatic carbocycles. The van der Waals surface area contributed by atoms with E-state index in [9.17, 15) is 0 Å². The maximum atomic E-state index is 4.78. The Hall–Kier alpha value is -1.49. The summed E-state index contributed by atoms with van der Waals surface area (Å²) in [6.45, 7) is 10.2. The fourth-order valence-corrected chi connectivity index (χ4v) is 2.64. The molecule has 5 nitrogen and oxygen atoms in total. The van der Waals surface area contributed by atoms with E-state index in [1.54, 1.807) is 0 Å². The topological polar surface area (TPSA) is 47.7 Å². The number of hydrogen-bond donors (Lipinski definition) is 1. The van der Waals surface area contributed by atoms with Gasteiger partial charge in [-0.25, -0.2) is 0 Å². The highest BCUT2D eigenvalue weighted by atomic mass is 35.5. The second-order valence-corrected chi connectivity index (χ2v) is 6.24. The molecule has 22 heavy (non-hydrogen) atoms. The molecule has 0 aliphatic heterocycles. The maximum absolute atomic E-state index is 4.78. The van der Waals surface area contributed by atoms with Crippen molar-refractivity contribution in [3.63, 3.8) is 0 Å². The van der Waals surface area contributed by atoms with Crippen LogP contribution >= 0.6 is 12.4 Å². The Morgan fingerprint density at radius 1 is 1.32 bits per heavy atom. The van der Waals surface area contributed by atoms with Crippen molar-refractivity contribution >= 4 is 18.2 Å². The zero-order valence-corrected chi connectivity index (χ0v) is 14.7. The van der Waals surface area contributed by atoms with E-state index >= 15 is 0 Å². The molecule has 0 saturated heterocycles. The third kappa shape index (κ3) is 3.46. The van der Waals surface area contributed by atoms with Gasteiger partial charge < -0.3 is 5.32 Å². The molecule has 0 bridgehead atoms. The van der Waals surface area contributed by atoms with Gasteiger partial charge in [0.05, 0.1) is 17.9 Å². The summed E-state index contributed by atoms with van der Waals surface area (Å²) >= 11 is 0. The summed E-state index contributed by atoms with van der Waals surface area (Å²) in [5.74, 6) is 1.67. The lowest BCUT2D eigenvalue weighted by molar-refractivity contribution is 0.507. The Morgan fingerprint density at radius 2 is 2.05 bits per heavy atom. The Balaban J connectivity index is 0.00000176. The molecule has 0 atom stereocenters. The van der Waals surface area contributed by atoms with E-state index in [1.807, 2.05) is 4.68 Å². The summed E-state index contributed by atoms with van der Waals surface area (Å²) in [5, 5.41) is 12.8. The molecule has 3 rings (SSSR count). The standard InChI is InChI=1S/C16H25N5.ClH/c1-5-20-10-12(4)16(19-20)17-9-14-8-15(13-6-7-13)18-21(14)11(2)3;/h8,10-11,13H,5-7,9H2,1-4H3,(H,17,19);1H. The van der Waals surface area contributed by atoms with Crippen molar-refractivity contribution in [3.05, 3.63) is 29.2 Å². The van der Waals surface area contributed by atoms with Crippen LogP contribution in [0.4, 0.5) is 5.82 Å². The number of aryl methyl sites for hydroxylation is 2. The van der Waals surface area contributed by atoms with E-state index in [-0.39, 0.29) is 12.4 Å². The molecule has 1 N–H and O–H groups in total. The number of hydrogen-bond acceptors (Lipinski definition) is 3. The minimum absolute atomic E-state index is 0. The van der Waals surface area contributed by atoms with Crippen molar-refractivity contribution in [3.8, 4) is 0 Å². The molecular weight excluding hydrogens is 298 g/mol. The van der Waals surface area contributed by atoms with E-state index in [2.05, 4.69) is 55.1 Å². The van der Waals surface area contributed by atoms with Gasteiger partial charge in [0.15, 0.2) is 5.82 Å². The summed E-state index contributed by atoms with van der Waals surface area (Å²) in [6, 6.07) is 2.65. The van der Waals surface area contributed by atoms with Crippen LogP contribution in [0, 0.1) is 6.92 Å². The monoisotopic (exact) mass is 323 g/mol. The van der Waals surface area contributed by atoms with Crippen molar-refractivity contribution in [2.45, 2.75) is 65.6 Å². The Morgan fingerprint density at radius 3 is 2.59 bits per heavy atom. The molecule has 0 aromatic carbocycles. The molecule has 0 unspecified atom stereocenters. The third-order valence-electron chi connectivity index (χ3n) is 4.02. The highest BCUT2D eigenvalue weighted by Crippen LogP contribution is 2.39. The van der Waals surface area contributed by atoms with Gasteiger partial charge in [-0.2, -0.15) is 10.2 Å². The fourth-order valence-electron chi connectivity index (χ4n) is 2.64. The van der Waals surface area contributed by atoms with Crippen LogP contribution in [0.1, 0.15) is 62.5 Å². The second kappa shape index (κ2) is 6.73. The van der Waals surface area contributed by atoms with Gasteiger partial charge in [0.25, 0.3) is 0 Å². The van der Waals surface area contributed by atoms with Gasteiger partial charge in [-0.1, -0.05) is 0 Å². The smallest absolute Gasteiger partial charge is 0.151 e. The van der Waals surface area contributed by atoms with Crippen LogP contribution in [0.3, 0.4) is 0 Å². The lowest BCUT2D eigenvalue weighted by atomic mass is 10.2. The van der Waals surface area contributed by atoms with E-state index in [1.165, 1.54) is 29.8 Å². The van der Waals surface area contributed by atoms with Crippen LogP contribution < -0.4 is 5.32 Å². The van der Waals surface area contributed by atoms with E-state index in [4.69, 9.17) is 5.10 Å². The van der Waals surface area contributed by atoms with Crippen molar-refractivity contribution in [2.75, 3.05) is 5.32 Å². The van der Waals surface area contributed by atoms with Crippen LogP contribution in [0.5, 0.6) is 0 Å². The minimum atomic E-state index is 0. The predicted octanol–water partition coefficient (Wildman–Crippen LogP) is 3.90. The molecule has 1 fully saturated rings. The van der Waals surface area contributed by atoms with Gasteiger partial charge in [-0.15, -0.1) is 12.4 Å². The summed E-state index contributed by atoms with van der Waals surface area (Å²) in [7, 11) is 0. The van der Waals surface area contributed by atoms with Crippen molar-refractivity contribution in [1.29, 1.82) is 0 Å². The maximum Gasteiger partial charge on any atom is 0.151 e. The molecule has 122 valence electrons. The fraction of sp³-hybridized carbons (Fsp3) is 0.625. The zero-order chi connectivity index (χ0) is 15.0. The molecule has 1 aliphatic rings. The summed E-state index contributed by atoms with van der Waals surface area (Å²) < 4.78 is 4.11. The first-order valence-corrected chi connectivity index (χ1v) is 7.94. The lowest BCUT2D eigenvalue weighted by Crippen LogP contribution is -2.11. The largest absolute Gasteiger partial charge is 0.363 e. The molecule has 1 saturated carbocycles. The summed E-state index contributed by atoms with van der Waals surface area (Å²) in [6.07, 6.45) is 4.67. The lowest BCUT2D eigenvalue weighted by Gasteiger charge is -2.11. The Kier molecular flexibility index (Phi) is 5.16. The van der Waals surface area contributed by atoms with Crippen LogP contribution in [0.25, 0.3) is 0 Å². The Labute approximate surface area is 138 Å². The molecular formula is C16H26ClN5. The van der Waals surface area contributed by atoms with Gasteiger partial charge in [0.2, 0.25) is 0 Å². The van der Waals surface area contributed by atoms with E-state index in [0.29, 0.717) is 12.0 Å². The van der Waals surface area contributed by atoms with Crippen molar-refractivity contribution in [1.82, 2.24) is 19.6 Å². The van der Waals surface area contributed by atoms with Crippen molar-refractivity contribution in [2.24, 2.45) is 0 Å².